The van der Waals surface area contributed by atoms with E-state index in [-0.39, 0.29) is 17.5 Å². The molecule has 2 aliphatic carbocycles. The van der Waals surface area contributed by atoms with Crippen LogP contribution in [-0.2, 0) is 9.59 Å². The molecule has 2 heterocycles. The maximum absolute atomic E-state index is 12.8. The number of ketones is 2. The summed E-state index contributed by atoms with van der Waals surface area (Å²) in [5.74, 6) is 0.696. The fourth-order valence-corrected chi connectivity index (χ4v) is 4.69. The van der Waals surface area contributed by atoms with Crippen molar-refractivity contribution in [2.24, 2.45) is 0 Å². The molecule has 0 saturated heterocycles. The second-order valence-electron chi connectivity index (χ2n) is 6.59. The van der Waals surface area contributed by atoms with Gasteiger partial charge in [-0.25, -0.2) is 0 Å². The third-order valence-electron chi connectivity index (χ3n) is 5.28. The van der Waals surface area contributed by atoms with Crippen LogP contribution in [0.15, 0.2) is 43.8 Å². The molecule has 0 amide bonds. The molecule has 0 bridgehead atoms. The van der Waals surface area contributed by atoms with Crippen LogP contribution in [-0.4, -0.2) is 23.0 Å². The zero-order valence-electron chi connectivity index (χ0n) is 13.7. The summed E-state index contributed by atoms with van der Waals surface area (Å²) in [5.41, 5.74) is 3.80. The van der Waals surface area contributed by atoms with Crippen molar-refractivity contribution in [3.05, 3.63) is 45.1 Å². The number of Topliss-reactive ketones (excluding diaryl/α,β-unsaturated/α-hetero) is 2. The van der Waals surface area contributed by atoms with Gasteiger partial charge in [0.15, 0.2) is 16.2 Å². The first-order valence-electron chi connectivity index (χ1n) is 8.67. The van der Waals surface area contributed by atoms with Gasteiger partial charge in [0.25, 0.3) is 0 Å². The van der Waals surface area contributed by atoms with Crippen molar-refractivity contribution in [3.63, 3.8) is 0 Å². The Morgan fingerprint density at radius 2 is 1.62 bits per heavy atom. The molecule has 0 spiro atoms. The highest BCUT2D eigenvalue weighted by Gasteiger charge is 2.44. The Balaban J connectivity index is 1.96. The number of hydrogen-bond acceptors (Lipinski definition) is 4. The van der Waals surface area contributed by atoms with Gasteiger partial charge in [-0.05, 0) is 60.7 Å². The minimum Gasteiger partial charge on any atom is -0.453 e. The number of allylic oxidation sites excluding steroid dienone is 4. The lowest BCUT2D eigenvalue weighted by Crippen LogP contribution is -2.38. The number of carbonyl (C=O) groups is 2. The Hall–Kier alpha value is -1.62. The fourth-order valence-electron chi connectivity index (χ4n) is 4.37. The highest BCUT2D eigenvalue weighted by molar-refractivity contribution is 9.10. The number of carbonyl (C=O) groups excluding carboxylic acids is 2. The Bertz CT molecular complexity index is 742. The van der Waals surface area contributed by atoms with Gasteiger partial charge in [-0.1, -0.05) is 0 Å². The van der Waals surface area contributed by atoms with Crippen molar-refractivity contribution in [1.29, 1.82) is 0 Å². The first kappa shape index (κ1) is 15.9. The zero-order valence-corrected chi connectivity index (χ0v) is 15.3. The highest BCUT2D eigenvalue weighted by atomic mass is 79.9. The summed E-state index contributed by atoms with van der Waals surface area (Å²) in [5, 5.41) is 0. The van der Waals surface area contributed by atoms with Crippen LogP contribution in [0.25, 0.3) is 0 Å². The molecule has 0 saturated carbocycles. The average molecular weight is 390 g/mol. The van der Waals surface area contributed by atoms with Crippen molar-refractivity contribution in [2.75, 3.05) is 6.54 Å². The van der Waals surface area contributed by atoms with Gasteiger partial charge >= 0.3 is 0 Å². The summed E-state index contributed by atoms with van der Waals surface area (Å²) in [4.78, 5) is 27.8. The van der Waals surface area contributed by atoms with Crippen LogP contribution < -0.4 is 0 Å². The lowest BCUT2D eigenvalue weighted by molar-refractivity contribution is -0.117. The van der Waals surface area contributed by atoms with Crippen molar-refractivity contribution >= 4 is 27.5 Å². The van der Waals surface area contributed by atoms with Crippen LogP contribution in [0.2, 0.25) is 0 Å². The molecule has 126 valence electrons. The third-order valence-corrected chi connectivity index (χ3v) is 5.71. The van der Waals surface area contributed by atoms with Gasteiger partial charge in [-0.15, -0.1) is 0 Å². The Kier molecular flexibility index (Phi) is 3.99. The van der Waals surface area contributed by atoms with E-state index in [1.54, 1.807) is 0 Å². The number of halogens is 1. The first-order valence-corrected chi connectivity index (χ1v) is 9.46. The zero-order chi connectivity index (χ0) is 16.8. The molecular weight excluding hydrogens is 370 g/mol. The first-order chi connectivity index (χ1) is 11.6. The van der Waals surface area contributed by atoms with E-state index in [0.717, 1.165) is 54.8 Å². The predicted molar refractivity (Wildman–Crippen MR) is 93.3 cm³/mol. The van der Waals surface area contributed by atoms with Crippen LogP contribution in [0.1, 0.15) is 57.1 Å². The van der Waals surface area contributed by atoms with Gasteiger partial charge in [-0.2, -0.15) is 0 Å². The molecular formula is C19H20BrNO3. The summed E-state index contributed by atoms with van der Waals surface area (Å²) in [6.07, 6.45) is 4.70. The van der Waals surface area contributed by atoms with Crippen LogP contribution in [0, 0.1) is 0 Å². The van der Waals surface area contributed by atoms with E-state index < -0.39 is 0 Å². The molecule has 4 rings (SSSR count). The third kappa shape index (κ3) is 2.32. The summed E-state index contributed by atoms with van der Waals surface area (Å²) in [6, 6.07) is 3.72. The van der Waals surface area contributed by atoms with Crippen LogP contribution in [0.5, 0.6) is 0 Å². The molecule has 24 heavy (non-hydrogen) atoms. The largest absolute Gasteiger partial charge is 0.453 e. The van der Waals surface area contributed by atoms with E-state index in [0.29, 0.717) is 23.3 Å². The maximum Gasteiger partial charge on any atom is 0.169 e. The Labute approximate surface area is 149 Å². The number of hydrogen-bond donors (Lipinski definition) is 0. The van der Waals surface area contributed by atoms with E-state index in [1.807, 2.05) is 12.1 Å². The predicted octanol–water partition coefficient (Wildman–Crippen LogP) is 4.48. The second kappa shape index (κ2) is 6.03. The van der Waals surface area contributed by atoms with Gasteiger partial charge in [0.05, 0.1) is 5.92 Å². The molecule has 0 unspecified atom stereocenters. The van der Waals surface area contributed by atoms with Gasteiger partial charge in [0.2, 0.25) is 0 Å². The van der Waals surface area contributed by atoms with Gasteiger partial charge in [0.1, 0.15) is 5.76 Å². The van der Waals surface area contributed by atoms with Gasteiger partial charge in [-0.3, -0.25) is 9.59 Å². The molecule has 0 atom stereocenters. The summed E-state index contributed by atoms with van der Waals surface area (Å²) >= 11 is 3.35. The minimum absolute atomic E-state index is 0.164. The summed E-state index contributed by atoms with van der Waals surface area (Å²) in [7, 11) is 0. The Morgan fingerprint density at radius 3 is 2.08 bits per heavy atom. The van der Waals surface area contributed by atoms with E-state index in [1.165, 1.54) is 0 Å². The van der Waals surface area contributed by atoms with Crippen molar-refractivity contribution < 1.29 is 14.0 Å². The minimum atomic E-state index is -0.329. The Morgan fingerprint density at radius 1 is 1.04 bits per heavy atom. The molecule has 5 heteroatoms. The van der Waals surface area contributed by atoms with E-state index in [2.05, 4.69) is 27.8 Å². The molecule has 0 aromatic carbocycles. The van der Waals surface area contributed by atoms with Gasteiger partial charge in [0, 0.05) is 41.9 Å². The molecule has 0 fully saturated rings. The molecule has 1 aromatic heterocycles. The lowest BCUT2D eigenvalue weighted by Gasteiger charge is -2.42. The molecule has 4 nitrogen and oxygen atoms in total. The van der Waals surface area contributed by atoms with Gasteiger partial charge < -0.3 is 9.32 Å². The summed E-state index contributed by atoms with van der Waals surface area (Å²) in [6.45, 7) is 2.89. The van der Waals surface area contributed by atoms with Crippen molar-refractivity contribution in [3.8, 4) is 0 Å². The van der Waals surface area contributed by atoms with E-state index in [9.17, 15) is 9.59 Å². The van der Waals surface area contributed by atoms with Crippen LogP contribution in [0.4, 0.5) is 0 Å². The second-order valence-corrected chi connectivity index (χ2v) is 7.37. The van der Waals surface area contributed by atoms with Crippen molar-refractivity contribution in [1.82, 2.24) is 4.90 Å². The highest BCUT2D eigenvalue weighted by Crippen LogP contribution is 2.49. The molecule has 3 aliphatic rings. The number of furan rings is 1. The van der Waals surface area contributed by atoms with E-state index >= 15 is 0 Å². The molecule has 1 aliphatic heterocycles. The number of nitrogens with zero attached hydrogens (tertiary/aromatic N) is 1. The monoisotopic (exact) mass is 389 g/mol. The topological polar surface area (TPSA) is 50.5 Å². The molecule has 1 aromatic rings. The normalized spacial score (nSPS) is 22.2. The molecule has 0 N–H and O–H groups in total. The SMILES string of the molecule is CCN1C2=C(C(=O)CCC2)C(c2ccc(Br)o2)C2=C1CCCC2=O. The molecule has 0 radical (unpaired) electrons. The van der Waals surface area contributed by atoms with Crippen molar-refractivity contribution in [2.45, 2.75) is 51.4 Å². The van der Waals surface area contributed by atoms with Crippen LogP contribution >= 0.6 is 15.9 Å². The lowest BCUT2D eigenvalue weighted by atomic mass is 9.72. The number of rotatable bonds is 2. The smallest absolute Gasteiger partial charge is 0.169 e. The quantitative estimate of drug-likeness (QED) is 0.748. The maximum atomic E-state index is 12.8. The summed E-state index contributed by atoms with van der Waals surface area (Å²) < 4.78 is 6.44. The van der Waals surface area contributed by atoms with E-state index in [4.69, 9.17) is 4.42 Å². The standard InChI is InChI=1S/C19H20BrNO3/c1-2-21-11-5-3-7-13(22)17(11)19(15-9-10-16(20)24-15)18-12(21)6-4-8-14(18)23/h9-10,19H,2-8H2,1H3. The average Bonchev–Trinajstić information content (AvgIpc) is 2.99. The fraction of sp³-hybridized carbons (Fsp3) is 0.474. The van der Waals surface area contributed by atoms with Crippen LogP contribution in [0.3, 0.4) is 0 Å².